The minimum absolute atomic E-state index is 0.0774. The predicted octanol–water partition coefficient (Wildman–Crippen LogP) is 5.91. The lowest BCUT2D eigenvalue weighted by atomic mass is 10.00. The molecule has 1 saturated heterocycles. The molecule has 0 spiro atoms. The van der Waals surface area contributed by atoms with Crippen LogP contribution in [0.25, 0.3) is 0 Å². The van der Waals surface area contributed by atoms with E-state index in [1.807, 2.05) is 5.32 Å². The van der Waals surface area contributed by atoms with Crippen molar-refractivity contribution in [2.75, 3.05) is 22.6 Å². The van der Waals surface area contributed by atoms with Crippen LogP contribution in [0.1, 0.15) is 23.2 Å². The fraction of sp³-hybridized carbons (Fsp3) is 0.348. The second-order valence-electron chi connectivity index (χ2n) is 8.66. The third-order valence-corrected chi connectivity index (χ3v) is 7.12. The molecule has 3 amide bonds. The molecule has 1 aliphatic heterocycles. The summed E-state index contributed by atoms with van der Waals surface area (Å²) in [5, 5.41) is 6.44. The Morgan fingerprint density at radius 2 is 1.68 bits per heavy atom. The number of carbonyl (C=O) groups excluding carboxylic acids is 3. The highest BCUT2D eigenvalue weighted by Crippen LogP contribution is 2.53. The van der Waals surface area contributed by atoms with Gasteiger partial charge in [0.25, 0.3) is 5.91 Å². The molecule has 38 heavy (non-hydrogen) atoms. The van der Waals surface area contributed by atoms with Crippen LogP contribution in [0.4, 0.5) is 39.0 Å². The van der Waals surface area contributed by atoms with E-state index in [0.717, 1.165) is 6.07 Å². The van der Waals surface area contributed by atoms with Gasteiger partial charge in [-0.05, 0) is 43.2 Å². The van der Waals surface area contributed by atoms with Crippen LogP contribution in [-0.4, -0.2) is 40.9 Å². The van der Waals surface area contributed by atoms with Crippen molar-refractivity contribution in [2.24, 2.45) is 11.8 Å². The van der Waals surface area contributed by atoms with E-state index < -0.39 is 69.2 Å². The summed E-state index contributed by atoms with van der Waals surface area (Å²) in [6.07, 6.45) is -7.33. The fourth-order valence-corrected chi connectivity index (χ4v) is 4.56. The Bertz CT molecular complexity index is 1310. The van der Waals surface area contributed by atoms with Gasteiger partial charge in [0.2, 0.25) is 11.8 Å². The predicted molar refractivity (Wildman–Crippen MR) is 129 cm³/mol. The van der Waals surface area contributed by atoms with Crippen LogP contribution in [0.5, 0.6) is 0 Å². The number of nitrogens with one attached hydrogen (secondary N) is 3. The quantitative estimate of drug-likeness (QED) is 0.284. The van der Waals surface area contributed by atoms with Gasteiger partial charge in [-0.15, -0.1) is 23.2 Å². The minimum Gasteiger partial charge on any atom is -0.368 e. The van der Waals surface area contributed by atoms with Crippen molar-refractivity contribution in [1.29, 1.82) is 0 Å². The molecule has 1 heterocycles. The number of alkyl halides is 5. The van der Waals surface area contributed by atoms with Gasteiger partial charge in [-0.1, -0.05) is 11.6 Å². The average molecular weight is 601 g/mol. The van der Waals surface area contributed by atoms with Crippen LogP contribution >= 0.6 is 34.8 Å². The Balaban J connectivity index is 1.50. The van der Waals surface area contributed by atoms with Crippen LogP contribution in [-0.2, 0) is 14.3 Å². The van der Waals surface area contributed by atoms with Crippen LogP contribution < -0.4 is 16.0 Å². The molecular formula is C23H17Cl3F5N3O4. The van der Waals surface area contributed by atoms with E-state index in [1.54, 1.807) is 0 Å². The van der Waals surface area contributed by atoms with Crippen LogP contribution in [0.15, 0.2) is 30.3 Å². The summed E-state index contributed by atoms with van der Waals surface area (Å²) in [5.41, 5.74) is -1.69. The van der Waals surface area contributed by atoms with Gasteiger partial charge >= 0.3 is 6.18 Å². The van der Waals surface area contributed by atoms with Gasteiger partial charge in [0, 0.05) is 12.3 Å². The van der Waals surface area contributed by atoms with Crippen LogP contribution in [0.3, 0.4) is 0 Å². The first-order chi connectivity index (χ1) is 17.7. The second kappa shape index (κ2) is 10.5. The van der Waals surface area contributed by atoms with E-state index in [1.165, 1.54) is 18.2 Å². The molecule has 2 aliphatic rings. The van der Waals surface area contributed by atoms with Crippen molar-refractivity contribution >= 4 is 69.6 Å². The van der Waals surface area contributed by atoms with Gasteiger partial charge in [-0.25, -0.2) is 8.78 Å². The molecule has 1 saturated carbocycles. The molecule has 0 bridgehead atoms. The van der Waals surface area contributed by atoms with Gasteiger partial charge in [0.15, 0.2) is 11.9 Å². The Labute approximate surface area is 226 Å². The molecule has 3 unspecified atom stereocenters. The van der Waals surface area contributed by atoms with E-state index >= 15 is 4.39 Å². The first-order valence-electron chi connectivity index (χ1n) is 11.0. The van der Waals surface area contributed by atoms with E-state index in [0.29, 0.717) is 6.07 Å². The van der Waals surface area contributed by atoms with Crippen LogP contribution in [0, 0.1) is 23.5 Å². The zero-order valence-electron chi connectivity index (χ0n) is 18.9. The van der Waals surface area contributed by atoms with Gasteiger partial charge in [0.05, 0.1) is 28.1 Å². The number of amides is 3. The highest BCUT2D eigenvalue weighted by molar-refractivity contribution is 6.52. The maximum absolute atomic E-state index is 15.1. The summed E-state index contributed by atoms with van der Waals surface area (Å²) < 4.78 is 72.1. The molecule has 3 atom stereocenters. The molecule has 7 nitrogen and oxygen atoms in total. The van der Waals surface area contributed by atoms with E-state index in [9.17, 15) is 31.9 Å². The van der Waals surface area contributed by atoms with Crippen molar-refractivity contribution < 1.29 is 41.1 Å². The number of halogens is 8. The standard InChI is InChI=1S/C23H17Cl3F5N3O4/c24-13-2-1-9(32-21(37)12-8-22(12,25)26)7-11(13)20(36)33-15-4-3-14(27)17(16(15)28)34-19(35)10-5-6-38-18(10)23(29,30)31/h1-4,7,10,12,18H,5-6,8H2,(H,32,37)(H,33,36)(H,34,35). The van der Waals surface area contributed by atoms with E-state index in [4.69, 9.17) is 34.8 Å². The molecule has 0 aromatic heterocycles. The number of benzene rings is 2. The van der Waals surface area contributed by atoms with Crippen molar-refractivity contribution in [1.82, 2.24) is 0 Å². The number of hydrogen-bond donors (Lipinski definition) is 3. The summed E-state index contributed by atoms with van der Waals surface area (Å²) >= 11 is 17.8. The third kappa shape index (κ3) is 5.98. The molecule has 0 radical (unpaired) electrons. The van der Waals surface area contributed by atoms with Crippen molar-refractivity contribution in [3.63, 3.8) is 0 Å². The summed E-state index contributed by atoms with van der Waals surface area (Å²) in [6.45, 7) is -0.358. The molecule has 1 aliphatic carbocycles. The van der Waals surface area contributed by atoms with Gasteiger partial charge in [-0.3, -0.25) is 14.4 Å². The largest absolute Gasteiger partial charge is 0.415 e. The molecule has 3 N–H and O–H groups in total. The molecule has 2 fully saturated rings. The Morgan fingerprint density at radius 3 is 2.32 bits per heavy atom. The average Bonchev–Trinajstić information content (AvgIpc) is 3.22. The molecule has 2 aromatic rings. The second-order valence-corrected chi connectivity index (χ2v) is 10.6. The fourth-order valence-electron chi connectivity index (χ4n) is 3.85. The van der Waals surface area contributed by atoms with Gasteiger partial charge in [0.1, 0.15) is 15.8 Å². The first-order valence-corrected chi connectivity index (χ1v) is 12.1. The topological polar surface area (TPSA) is 96.5 Å². The SMILES string of the molecule is O=C(Nc1ccc(F)c(NC(=O)C2CCOC2C(F)(F)F)c1F)c1cc(NC(=O)C2CC2(Cl)Cl)ccc1Cl. The molecule has 15 heteroatoms. The summed E-state index contributed by atoms with van der Waals surface area (Å²) in [5.74, 6) is -7.85. The number of ether oxygens (including phenoxy) is 1. The maximum Gasteiger partial charge on any atom is 0.415 e. The minimum atomic E-state index is -4.85. The number of carbonyl (C=O) groups is 3. The zero-order valence-corrected chi connectivity index (χ0v) is 21.2. The zero-order chi connectivity index (χ0) is 28.0. The highest BCUT2D eigenvalue weighted by atomic mass is 35.5. The monoisotopic (exact) mass is 599 g/mol. The number of anilines is 3. The lowest BCUT2D eigenvalue weighted by molar-refractivity contribution is -0.216. The lowest BCUT2D eigenvalue weighted by Gasteiger charge is -2.21. The van der Waals surface area contributed by atoms with E-state index in [2.05, 4.69) is 15.4 Å². The molecule has 4 rings (SSSR count). The third-order valence-electron chi connectivity index (χ3n) is 5.96. The van der Waals surface area contributed by atoms with E-state index in [-0.39, 0.29) is 35.7 Å². The molecule has 2 aromatic carbocycles. The van der Waals surface area contributed by atoms with Crippen LogP contribution in [0.2, 0.25) is 5.02 Å². The lowest BCUT2D eigenvalue weighted by Crippen LogP contribution is -2.40. The number of rotatable bonds is 6. The summed E-state index contributed by atoms with van der Waals surface area (Å²) in [4.78, 5) is 37.4. The first kappa shape index (κ1) is 28.3. The molecular weight excluding hydrogens is 584 g/mol. The highest BCUT2D eigenvalue weighted by Gasteiger charge is 2.56. The van der Waals surface area contributed by atoms with Gasteiger partial charge < -0.3 is 20.7 Å². The van der Waals surface area contributed by atoms with Gasteiger partial charge in [-0.2, -0.15) is 13.2 Å². The van der Waals surface area contributed by atoms with Crippen molar-refractivity contribution in [3.05, 3.63) is 52.6 Å². The summed E-state index contributed by atoms with van der Waals surface area (Å²) in [7, 11) is 0. The van der Waals surface area contributed by atoms with Crippen molar-refractivity contribution in [2.45, 2.75) is 29.5 Å². The smallest absolute Gasteiger partial charge is 0.368 e. The number of hydrogen-bond acceptors (Lipinski definition) is 4. The Morgan fingerprint density at radius 1 is 1.00 bits per heavy atom. The van der Waals surface area contributed by atoms with Crippen molar-refractivity contribution in [3.8, 4) is 0 Å². The summed E-state index contributed by atoms with van der Waals surface area (Å²) in [6, 6.07) is 5.45. The molecule has 204 valence electrons. The maximum atomic E-state index is 15.1. The normalized spacial score (nSPS) is 22.1. The Kier molecular flexibility index (Phi) is 7.81. The Hall–Kier alpha value is -2.67.